The minimum atomic E-state index is 0.0821. The zero-order valence-corrected chi connectivity index (χ0v) is 9.16. The smallest absolute Gasteiger partial charge is 0.134 e. The molecule has 1 heterocycles. The van der Waals surface area contributed by atoms with Gasteiger partial charge in [-0.2, -0.15) is 12.6 Å². The van der Waals surface area contributed by atoms with E-state index < -0.39 is 0 Å². The predicted octanol–water partition coefficient (Wildman–Crippen LogP) is 2.92. The van der Waals surface area contributed by atoms with E-state index >= 15 is 0 Å². The maximum Gasteiger partial charge on any atom is 0.134 e. The molecule has 1 unspecified atom stereocenters. The molecule has 1 atom stereocenters. The van der Waals surface area contributed by atoms with Gasteiger partial charge in [0.05, 0.1) is 11.6 Å². The van der Waals surface area contributed by atoms with Crippen molar-refractivity contribution in [3.8, 4) is 0 Å². The van der Waals surface area contributed by atoms with Crippen LogP contribution in [0.3, 0.4) is 0 Å². The van der Waals surface area contributed by atoms with Crippen molar-refractivity contribution in [3.63, 3.8) is 0 Å². The molecule has 0 aliphatic carbocycles. The van der Waals surface area contributed by atoms with Crippen molar-refractivity contribution < 1.29 is 4.42 Å². The number of nitrogens with zero attached hydrogens (tertiary/aromatic N) is 1. The van der Waals surface area contributed by atoms with E-state index in [9.17, 15) is 0 Å². The van der Waals surface area contributed by atoms with Crippen LogP contribution in [-0.4, -0.2) is 19.0 Å². The number of benzene rings is 1. The second-order valence-corrected chi connectivity index (χ2v) is 4.01. The van der Waals surface area contributed by atoms with Crippen LogP contribution >= 0.6 is 12.6 Å². The third kappa shape index (κ3) is 1.53. The monoisotopic (exact) mass is 207 g/mol. The molecule has 14 heavy (non-hydrogen) atoms. The van der Waals surface area contributed by atoms with Crippen LogP contribution in [0.2, 0.25) is 0 Å². The number of furan rings is 1. The summed E-state index contributed by atoms with van der Waals surface area (Å²) >= 11 is 4.52. The van der Waals surface area contributed by atoms with Gasteiger partial charge in [0.1, 0.15) is 5.58 Å². The first-order valence-electron chi connectivity index (χ1n) is 4.51. The van der Waals surface area contributed by atoms with Gasteiger partial charge in [-0.05, 0) is 20.2 Å². The van der Waals surface area contributed by atoms with Crippen molar-refractivity contribution in [1.82, 2.24) is 4.90 Å². The van der Waals surface area contributed by atoms with Gasteiger partial charge in [0.15, 0.2) is 0 Å². The third-order valence-electron chi connectivity index (χ3n) is 2.28. The molecule has 1 aromatic carbocycles. The summed E-state index contributed by atoms with van der Waals surface area (Å²) in [5, 5.41) is 1.22. The van der Waals surface area contributed by atoms with E-state index in [0.29, 0.717) is 0 Å². The summed E-state index contributed by atoms with van der Waals surface area (Å²) in [6, 6.07) is 8.01. The van der Waals surface area contributed by atoms with E-state index in [1.807, 2.05) is 37.2 Å². The second kappa shape index (κ2) is 3.67. The highest BCUT2D eigenvalue weighted by Crippen LogP contribution is 2.30. The molecule has 0 fully saturated rings. The van der Waals surface area contributed by atoms with Crippen LogP contribution in [0.15, 0.2) is 34.9 Å². The minimum absolute atomic E-state index is 0.0821. The Morgan fingerprint density at radius 3 is 2.71 bits per heavy atom. The van der Waals surface area contributed by atoms with E-state index in [2.05, 4.69) is 18.7 Å². The fourth-order valence-electron chi connectivity index (χ4n) is 1.48. The molecule has 0 amide bonds. The summed E-state index contributed by atoms with van der Waals surface area (Å²) in [5.41, 5.74) is 2.04. The first-order chi connectivity index (χ1) is 6.70. The fraction of sp³-hybridized carbons (Fsp3) is 0.273. The lowest BCUT2D eigenvalue weighted by Crippen LogP contribution is -2.14. The summed E-state index contributed by atoms with van der Waals surface area (Å²) in [4.78, 5) is 2.04. The Kier molecular flexibility index (Phi) is 2.52. The van der Waals surface area contributed by atoms with Crippen LogP contribution in [0, 0.1) is 0 Å². The third-order valence-corrected chi connectivity index (χ3v) is 3.02. The molecular formula is C11H13NOS. The Hall–Kier alpha value is -0.930. The lowest BCUT2D eigenvalue weighted by atomic mass is 10.2. The highest BCUT2D eigenvalue weighted by Gasteiger charge is 2.14. The van der Waals surface area contributed by atoms with Crippen LogP contribution < -0.4 is 0 Å². The van der Waals surface area contributed by atoms with Crippen molar-refractivity contribution in [2.75, 3.05) is 14.1 Å². The Balaban J connectivity index is 2.53. The Morgan fingerprint density at radius 1 is 1.29 bits per heavy atom. The summed E-state index contributed by atoms with van der Waals surface area (Å²) < 4.78 is 5.44. The molecule has 0 saturated heterocycles. The number of thiol groups is 1. The molecule has 2 aromatic rings. The summed E-state index contributed by atoms with van der Waals surface area (Å²) in [6.07, 6.45) is 1.78. The molecule has 3 heteroatoms. The zero-order chi connectivity index (χ0) is 10.1. The van der Waals surface area contributed by atoms with Gasteiger partial charge in [0.2, 0.25) is 0 Å². The number of para-hydroxylation sites is 1. The van der Waals surface area contributed by atoms with Crippen LogP contribution in [0.1, 0.15) is 10.9 Å². The SMILES string of the molecule is CN(C)C(S)c1coc2ccccc12. The molecule has 1 aromatic heterocycles. The molecule has 0 spiro atoms. The lowest BCUT2D eigenvalue weighted by Gasteiger charge is -2.17. The van der Waals surface area contributed by atoms with Crippen LogP contribution in [0.4, 0.5) is 0 Å². The van der Waals surface area contributed by atoms with E-state index in [1.54, 1.807) is 6.26 Å². The quantitative estimate of drug-likeness (QED) is 0.602. The minimum Gasteiger partial charge on any atom is -0.464 e. The van der Waals surface area contributed by atoms with Gasteiger partial charge in [0, 0.05) is 10.9 Å². The molecule has 2 rings (SSSR count). The Bertz CT molecular complexity index is 436. The first-order valence-corrected chi connectivity index (χ1v) is 5.02. The van der Waals surface area contributed by atoms with Gasteiger partial charge < -0.3 is 4.42 Å². The van der Waals surface area contributed by atoms with E-state index in [4.69, 9.17) is 4.42 Å². The number of hydrogen-bond donors (Lipinski definition) is 1. The van der Waals surface area contributed by atoms with Gasteiger partial charge in [-0.3, -0.25) is 4.90 Å². The molecule has 0 radical (unpaired) electrons. The summed E-state index contributed by atoms with van der Waals surface area (Å²) in [5.74, 6) is 0. The second-order valence-electron chi connectivity index (χ2n) is 3.52. The highest BCUT2D eigenvalue weighted by atomic mass is 32.1. The van der Waals surface area contributed by atoms with Gasteiger partial charge in [-0.1, -0.05) is 18.2 Å². The normalized spacial score (nSPS) is 13.7. The average molecular weight is 207 g/mol. The molecule has 0 aliphatic rings. The van der Waals surface area contributed by atoms with Gasteiger partial charge in [-0.15, -0.1) is 0 Å². The summed E-state index contributed by atoms with van der Waals surface area (Å²) in [7, 11) is 4.00. The first kappa shape index (κ1) is 9.62. The van der Waals surface area contributed by atoms with E-state index in [-0.39, 0.29) is 5.37 Å². The van der Waals surface area contributed by atoms with Gasteiger partial charge in [-0.25, -0.2) is 0 Å². The van der Waals surface area contributed by atoms with Crippen molar-refractivity contribution >= 4 is 23.6 Å². The summed E-state index contributed by atoms with van der Waals surface area (Å²) in [6.45, 7) is 0. The fourth-order valence-corrected chi connectivity index (χ4v) is 1.68. The average Bonchev–Trinajstić information content (AvgIpc) is 2.60. The van der Waals surface area contributed by atoms with Crippen molar-refractivity contribution in [2.24, 2.45) is 0 Å². The number of fused-ring (bicyclic) bond motifs is 1. The molecule has 0 aliphatic heterocycles. The van der Waals surface area contributed by atoms with Crippen molar-refractivity contribution in [2.45, 2.75) is 5.37 Å². The topological polar surface area (TPSA) is 16.4 Å². The van der Waals surface area contributed by atoms with E-state index in [1.165, 1.54) is 0 Å². The van der Waals surface area contributed by atoms with Crippen molar-refractivity contribution in [3.05, 3.63) is 36.1 Å². The Labute approximate surface area is 88.9 Å². The molecular weight excluding hydrogens is 194 g/mol. The van der Waals surface area contributed by atoms with E-state index in [0.717, 1.165) is 16.5 Å². The maximum atomic E-state index is 5.44. The molecule has 2 nitrogen and oxygen atoms in total. The molecule has 74 valence electrons. The predicted molar refractivity (Wildman–Crippen MR) is 61.6 cm³/mol. The van der Waals surface area contributed by atoms with Gasteiger partial charge in [0.25, 0.3) is 0 Å². The Morgan fingerprint density at radius 2 is 2.00 bits per heavy atom. The molecule has 0 saturated carbocycles. The van der Waals surface area contributed by atoms with Crippen LogP contribution in [-0.2, 0) is 0 Å². The number of hydrogen-bond acceptors (Lipinski definition) is 3. The largest absolute Gasteiger partial charge is 0.464 e. The lowest BCUT2D eigenvalue weighted by molar-refractivity contribution is 0.392. The highest BCUT2D eigenvalue weighted by molar-refractivity contribution is 7.80. The van der Waals surface area contributed by atoms with Gasteiger partial charge >= 0.3 is 0 Å². The van der Waals surface area contributed by atoms with Crippen LogP contribution in [0.25, 0.3) is 11.0 Å². The zero-order valence-electron chi connectivity index (χ0n) is 8.27. The number of rotatable bonds is 2. The standard InChI is InChI=1S/C11H13NOS/c1-12(2)11(14)9-7-13-10-6-4-3-5-8(9)10/h3-7,11,14H,1-2H3. The molecule has 0 N–H and O–H groups in total. The van der Waals surface area contributed by atoms with Crippen molar-refractivity contribution in [1.29, 1.82) is 0 Å². The maximum absolute atomic E-state index is 5.44. The molecule has 0 bridgehead atoms. The van der Waals surface area contributed by atoms with Crippen LogP contribution in [0.5, 0.6) is 0 Å².